The van der Waals surface area contributed by atoms with Crippen molar-refractivity contribution in [2.75, 3.05) is 43.6 Å². The van der Waals surface area contributed by atoms with Gasteiger partial charge >= 0.3 is 0 Å². The van der Waals surface area contributed by atoms with Gasteiger partial charge in [-0.3, -0.25) is 4.72 Å². The monoisotopic (exact) mass is 320 g/mol. The molecule has 5 nitrogen and oxygen atoms in total. The third-order valence-corrected chi connectivity index (χ3v) is 4.12. The Hall–Kier alpha value is -0.980. The van der Waals surface area contributed by atoms with Crippen LogP contribution >= 0.6 is 11.6 Å². The number of alkyl halides is 1. The predicted molar refractivity (Wildman–Crippen MR) is 83.2 cm³/mol. The second-order valence-corrected chi connectivity index (χ2v) is 6.86. The number of benzene rings is 1. The van der Waals surface area contributed by atoms with Crippen LogP contribution in [0.15, 0.2) is 24.3 Å². The zero-order valence-corrected chi connectivity index (χ0v) is 13.4. The lowest BCUT2D eigenvalue weighted by Gasteiger charge is -2.12. The number of nitrogens with zero attached hydrogens (tertiary/aromatic N) is 1. The van der Waals surface area contributed by atoms with Gasteiger partial charge < -0.3 is 9.64 Å². The van der Waals surface area contributed by atoms with Crippen LogP contribution in [0.1, 0.15) is 6.42 Å². The Kier molecular flexibility index (Phi) is 7.12. The van der Waals surface area contributed by atoms with Crippen molar-refractivity contribution in [3.63, 3.8) is 0 Å². The first-order chi connectivity index (χ1) is 9.43. The maximum Gasteiger partial charge on any atom is 0.232 e. The molecule has 1 aromatic carbocycles. The average molecular weight is 321 g/mol. The number of rotatable bonds is 9. The molecule has 0 saturated carbocycles. The van der Waals surface area contributed by atoms with Gasteiger partial charge in [-0.2, -0.15) is 0 Å². The Labute approximate surface area is 125 Å². The van der Waals surface area contributed by atoms with Crippen LogP contribution in [-0.2, 0) is 10.0 Å². The number of halogens is 1. The molecule has 0 spiro atoms. The van der Waals surface area contributed by atoms with Crippen molar-refractivity contribution in [1.82, 2.24) is 4.90 Å². The molecule has 0 aliphatic heterocycles. The molecule has 0 unspecified atom stereocenters. The molecule has 0 aliphatic carbocycles. The first kappa shape index (κ1) is 17.1. The van der Waals surface area contributed by atoms with Crippen molar-refractivity contribution in [2.45, 2.75) is 6.42 Å². The van der Waals surface area contributed by atoms with Crippen molar-refractivity contribution < 1.29 is 13.2 Å². The molecule has 7 heteroatoms. The number of nitrogens with one attached hydrogen (secondary N) is 1. The van der Waals surface area contributed by atoms with Gasteiger partial charge in [0.2, 0.25) is 10.0 Å². The lowest BCUT2D eigenvalue weighted by atomic mass is 10.3. The lowest BCUT2D eigenvalue weighted by Crippen LogP contribution is -2.19. The van der Waals surface area contributed by atoms with Crippen molar-refractivity contribution in [1.29, 1.82) is 0 Å². The minimum Gasteiger partial charge on any atom is -0.492 e. The molecule has 1 aromatic rings. The van der Waals surface area contributed by atoms with Crippen LogP contribution < -0.4 is 9.46 Å². The number of likely N-dealkylation sites (N-methyl/N-ethyl adjacent to an activating group) is 1. The predicted octanol–water partition coefficient (Wildman–Crippen LogP) is 2.00. The van der Waals surface area contributed by atoms with Gasteiger partial charge in [0, 0.05) is 18.1 Å². The zero-order valence-electron chi connectivity index (χ0n) is 11.8. The van der Waals surface area contributed by atoms with Gasteiger partial charge in [-0.05, 0) is 44.8 Å². The molecule has 0 radical (unpaired) electrons. The van der Waals surface area contributed by atoms with E-state index in [1.54, 1.807) is 24.3 Å². The highest BCUT2D eigenvalue weighted by molar-refractivity contribution is 7.92. The second-order valence-electron chi connectivity index (χ2n) is 4.64. The van der Waals surface area contributed by atoms with E-state index in [-0.39, 0.29) is 5.75 Å². The van der Waals surface area contributed by atoms with Gasteiger partial charge in [0.15, 0.2) is 0 Å². The SMILES string of the molecule is CN(C)CCOc1ccc(NS(=O)(=O)CCCCl)cc1. The van der Waals surface area contributed by atoms with E-state index in [0.717, 1.165) is 12.3 Å². The highest BCUT2D eigenvalue weighted by Gasteiger charge is 2.09. The molecule has 0 aromatic heterocycles. The number of hydrogen-bond donors (Lipinski definition) is 1. The summed E-state index contributed by atoms with van der Waals surface area (Å²) in [6.07, 6.45) is 0.433. The van der Waals surface area contributed by atoms with E-state index in [4.69, 9.17) is 16.3 Å². The summed E-state index contributed by atoms with van der Waals surface area (Å²) in [6.45, 7) is 1.42. The van der Waals surface area contributed by atoms with E-state index >= 15 is 0 Å². The zero-order chi connectivity index (χ0) is 15.0. The Morgan fingerprint density at radius 3 is 2.45 bits per heavy atom. The molecule has 1 N–H and O–H groups in total. The van der Waals surface area contributed by atoms with Crippen molar-refractivity contribution in [2.24, 2.45) is 0 Å². The summed E-state index contributed by atoms with van der Waals surface area (Å²) in [5, 5.41) is 0. The molecule has 0 atom stereocenters. The Balaban J connectivity index is 2.50. The summed E-state index contributed by atoms with van der Waals surface area (Å²) in [7, 11) is 0.629. The highest BCUT2D eigenvalue weighted by atomic mass is 35.5. The van der Waals surface area contributed by atoms with Gasteiger partial charge in [-0.1, -0.05) is 0 Å². The fraction of sp³-hybridized carbons (Fsp3) is 0.538. The van der Waals surface area contributed by atoms with E-state index in [1.165, 1.54) is 0 Å². The van der Waals surface area contributed by atoms with Crippen LogP contribution in [0.4, 0.5) is 5.69 Å². The third kappa shape index (κ3) is 6.98. The fourth-order valence-electron chi connectivity index (χ4n) is 1.44. The molecule has 0 bridgehead atoms. The molecule has 0 aliphatic rings. The molecule has 1 rings (SSSR count). The summed E-state index contributed by atoms with van der Waals surface area (Å²) in [6, 6.07) is 6.86. The van der Waals surface area contributed by atoms with Crippen LogP contribution in [0.3, 0.4) is 0 Å². The maximum atomic E-state index is 11.7. The highest BCUT2D eigenvalue weighted by Crippen LogP contribution is 2.17. The summed E-state index contributed by atoms with van der Waals surface area (Å²) < 4.78 is 31.4. The van der Waals surface area contributed by atoms with Crippen LogP contribution in [0.5, 0.6) is 5.75 Å². The first-order valence-corrected chi connectivity index (χ1v) is 8.56. The normalized spacial score (nSPS) is 11.6. The second kappa shape index (κ2) is 8.34. The van der Waals surface area contributed by atoms with Crippen molar-refractivity contribution in [3.8, 4) is 5.75 Å². The van der Waals surface area contributed by atoms with Gasteiger partial charge in [0.1, 0.15) is 12.4 Å². The average Bonchev–Trinajstić information content (AvgIpc) is 2.38. The fourth-order valence-corrected chi connectivity index (χ4v) is 2.85. The van der Waals surface area contributed by atoms with E-state index in [1.807, 2.05) is 19.0 Å². The molecule has 0 fully saturated rings. The summed E-state index contributed by atoms with van der Waals surface area (Å²) in [4.78, 5) is 2.03. The van der Waals surface area contributed by atoms with Gasteiger partial charge in [-0.15, -0.1) is 11.6 Å². The minimum atomic E-state index is -3.32. The number of anilines is 1. The van der Waals surface area contributed by atoms with Gasteiger partial charge in [-0.25, -0.2) is 8.42 Å². The van der Waals surface area contributed by atoms with Gasteiger partial charge in [0.05, 0.1) is 5.75 Å². The third-order valence-electron chi connectivity index (χ3n) is 2.48. The molecular formula is C13H21ClN2O3S. The topological polar surface area (TPSA) is 58.6 Å². The van der Waals surface area contributed by atoms with Crippen LogP contribution in [0, 0.1) is 0 Å². The molecule has 0 amide bonds. The quantitative estimate of drug-likeness (QED) is 0.707. The number of sulfonamides is 1. The van der Waals surface area contributed by atoms with E-state index in [9.17, 15) is 8.42 Å². The van der Waals surface area contributed by atoms with E-state index in [0.29, 0.717) is 24.6 Å². The molecule has 114 valence electrons. The summed E-state index contributed by atoms with van der Waals surface area (Å²) in [5.74, 6) is 1.08. The summed E-state index contributed by atoms with van der Waals surface area (Å²) in [5.41, 5.74) is 0.527. The first-order valence-electron chi connectivity index (χ1n) is 6.37. The van der Waals surface area contributed by atoms with Crippen LogP contribution in [0.2, 0.25) is 0 Å². The maximum absolute atomic E-state index is 11.7. The molecule has 0 saturated heterocycles. The molecular weight excluding hydrogens is 300 g/mol. The minimum absolute atomic E-state index is 0.0254. The largest absolute Gasteiger partial charge is 0.492 e. The molecule has 20 heavy (non-hydrogen) atoms. The molecule has 0 heterocycles. The lowest BCUT2D eigenvalue weighted by molar-refractivity contribution is 0.261. The Morgan fingerprint density at radius 1 is 1.25 bits per heavy atom. The number of hydrogen-bond acceptors (Lipinski definition) is 4. The van der Waals surface area contributed by atoms with Crippen molar-refractivity contribution in [3.05, 3.63) is 24.3 Å². The van der Waals surface area contributed by atoms with E-state index in [2.05, 4.69) is 4.72 Å². The van der Waals surface area contributed by atoms with E-state index < -0.39 is 10.0 Å². The summed E-state index contributed by atoms with van der Waals surface area (Å²) >= 11 is 5.49. The van der Waals surface area contributed by atoms with Crippen LogP contribution in [-0.4, -0.2) is 52.2 Å². The Morgan fingerprint density at radius 2 is 1.90 bits per heavy atom. The smallest absolute Gasteiger partial charge is 0.232 e. The van der Waals surface area contributed by atoms with Crippen molar-refractivity contribution >= 4 is 27.3 Å². The standard InChI is InChI=1S/C13H21ClN2O3S/c1-16(2)9-10-19-13-6-4-12(5-7-13)15-20(17,18)11-3-8-14/h4-7,15H,3,8-11H2,1-2H3. The van der Waals surface area contributed by atoms with Gasteiger partial charge in [0.25, 0.3) is 0 Å². The van der Waals surface area contributed by atoms with Crippen LogP contribution in [0.25, 0.3) is 0 Å². The Bertz CT molecular complexity index is 489. The number of ether oxygens (including phenoxy) is 1.